The summed E-state index contributed by atoms with van der Waals surface area (Å²) in [7, 11) is 1.74. The number of amides is 3. The Bertz CT molecular complexity index is 839. The summed E-state index contributed by atoms with van der Waals surface area (Å²) >= 11 is 0. The second kappa shape index (κ2) is 10.7. The largest absolute Gasteiger partial charge is 0.343 e. The van der Waals surface area contributed by atoms with E-state index < -0.39 is 6.04 Å². The molecule has 0 unspecified atom stereocenters. The lowest BCUT2D eigenvalue weighted by Crippen LogP contribution is -2.57. The van der Waals surface area contributed by atoms with Gasteiger partial charge in [-0.2, -0.15) is 0 Å². The van der Waals surface area contributed by atoms with E-state index in [1.807, 2.05) is 23.1 Å². The molecule has 4 rings (SSSR count). The van der Waals surface area contributed by atoms with E-state index in [9.17, 15) is 14.4 Å². The molecule has 2 N–H and O–H groups in total. The fraction of sp³-hybridized carbons (Fsp3) is 0.654. The summed E-state index contributed by atoms with van der Waals surface area (Å²) in [6, 6.07) is 8.92. The summed E-state index contributed by atoms with van der Waals surface area (Å²) in [5.41, 5.74) is 1.22. The van der Waals surface area contributed by atoms with Crippen molar-refractivity contribution in [2.75, 3.05) is 26.7 Å². The highest BCUT2D eigenvalue weighted by Crippen LogP contribution is 2.35. The fourth-order valence-corrected chi connectivity index (χ4v) is 5.74. The lowest BCUT2D eigenvalue weighted by molar-refractivity contribution is -0.144. The Kier molecular flexibility index (Phi) is 7.68. The minimum Gasteiger partial charge on any atom is -0.343 e. The molecule has 180 valence electrons. The third-order valence-corrected chi connectivity index (χ3v) is 7.85. The second-order valence-corrected chi connectivity index (χ2v) is 9.94. The van der Waals surface area contributed by atoms with Gasteiger partial charge >= 0.3 is 0 Å². The third kappa shape index (κ3) is 5.24. The van der Waals surface area contributed by atoms with Gasteiger partial charge in [0, 0.05) is 25.6 Å². The van der Waals surface area contributed by atoms with Crippen molar-refractivity contribution in [2.24, 2.45) is 11.8 Å². The number of likely N-dealkylation sites (tertiary alicyclic amines) is 2. The first-order valence-electron chi connectivity index (χ1n) is 12.6. The molecular weight excluding hydrogens is 416 g/mol. The molecule has 0 bridgehead atoms. The van der Waals surface area contributed by atoms with E-state index >= 15 is 0 Å². The molecule has 2 aliphatic heterocycles. The lowest BCUT2D eigenvalue weighted by Gasteiger charge is -2.35. The Hall–Kier alpha value is -2.41. The van der Waals surface area contributed by atoms with Crippen molar-refractivity contribution in [3.63, 3.8) is 0 Å². The van der Waals surface area contributed by atoms with E-state index in [1.165, 1.54) is 12.0 Å². The number of nitrogens with zero attached hydrogens (tertiary/aromatic N) is 2. The van der Waals surface area contributed by atoms with Crippen molar-refractivity contribution in [3.05, 3.63) is 35.9 Å². The average molecular weight is 455 g/mol. The molecule has 1 saturated carbocycles. The van der Waals surface area contributed by atoms with Crippen LogP contribution in [0.2, 0.25) is 0 Å². The van der Waals surface area contributed by atoms with Crippen LogP contribution in [-0.2, 0) is 20.8 Å². The van der Waals surface area contributed by atoms with Crippen LogP contribution in [0.3, 0.4) is 0 Å². The van der Waals surface area contributed by atoms with Crippen LogP contribution in [0.15, 0.2) is 30.3 Å². The molecule has 33 heavy (non-hydrogen) atoms. The predicted octanol–water partition coefficient (Wildman–Crippen LogP) is 1.96. The number of nitrogens with one attached hydrogen (secondary N) is 2. The van der Waals surface area contributed by atoms with Crippen molar-refractivity contribution in [1.29, 1.82) is 0 Å². The number of benzene rings is 1. The van der Waals surface area contributed by atoms with Crippen LogP contribution >= 0.6 is 0 Å². The lowest BCUT2D eigenvalue weighted by atomic mass is 9.83. The van der Waals surface area contributed by atoms with Crippen molar-refractivity contribution in [3.8, 4) is 0 Å². The molecule has 1 aliphatic carbocycles. The van der Waals surface area contributed by atoms with E-state index in [4.69, 9.17) is 0 Å². The highest BCUT2D eigenvalue weighted by Gasteiger charge is 2.51. The minimum atomic E-state index is -0.543. The number of hydrogen-bond donors (Lipinski definition) is 2. The maximum atomic E-state index is 13.8. The number of carbonyl (C=O) groups is 3. The summed E-state index contributed by atoms with van der Waals surface area (Å²) < 4.78 is 0. The zero-order valence-electron chi connectivity index (χ0n) is 20.0. The molecule has 0 radical (unpaired) electrons. The fourth-order valence-electron chi connectivity index (χ4n) is 5.74. The van der Waals surface area contributed by atoms with Crippen LogP contribution in [-0.4, -0.2) is 72.3 Å². The van der Waals surface area contributed by atoms with E-state index in [-0.39, 0.29) is 41.6 Å². The van der Waals surface area contributed by atoms with Crippen LogP contribution in [0.5, 0.6) is 0 Å². The number of fused-ring (bicyclic) bond motifs is 1. The average Bonchev–Trinajstić information content (AvgIpc) is 3.41. The summed E-state index contributed by atoms with van der Waals surface area (Å²) in [6.45, 7) is 3.81. The Morgan fingerprint density at radius 3 is 2.52 bits per heavy atom. The van der Waals surface area contributed by atoms with Crippen molar-refractivity contribution < 1.29 is 14.4 Å². The molecule has 3 amide bonds. The molecule has 4 atom stereocenters. The van der Waals surface area contributed by atoms with Gasteiger partial charge in [-0.05, 0) is 51.1 Å². The zero-order chi connectivity index (χ0) is 23.4. The van der Waals surface area contributed by atoms with Crippen LogP contribution in [0.1, 0.15) is 51.0 Å². The monoisotopic (exact) mass is 454 g/mol. The Balaban J connectivity index is 1.45. The number of carbonyl (C=O) groups excluding carboxylic acids is 3. The van der Waals surface area contributed by atoms with Gasteiger partial charge in [0.05, 0.1) is 6.04 Å². The van der Waals surface area contributed by atoms with Gasteiger partial charge in [0.15, 0.2) is 0 Å². The van der Waals surface area contributed by atoms with E-state index in [2.05, 4.69) is 22.8 Å². The molecule has 0 spiro atoms. The van der Waals surface area contributed by atoms with E-state index in [0.717, 1.165) is 45.1 Å². The van der Waals surface area contributed by atoms with Crippen LogP contribution in [0.25, 0.3) is 0 Å². The quantitative estimate of drug-likeness (QED) is 0.629. The summed E-state index contributed by atoms with van der Waals surface area (Å²) in [6.07, 6.45) is 6.92. The first-order valence-corrected chi connectivity index (χ1v) is 12.6. The molecule has 0 aromatic heterocycles. The molecular formula is C26H38N4O3. The van der Waals surface area contributed by atoms with E-state index in [1.54, 1.807) is 18.9 Å². The normalized spacial score (nSPS) is 25.1. The van der Waals surface area contributed by atoms with Crippen molar-refractivity contribution >= 4 is 17.7 Å². The molecule has 1 aromatic rings. The molecule has 1 aromatic carbocycles. The summed E-state index contributed by atoms with van der Waals surface area (Å²) in [5, 5.41) is 6.01. The van der Waals surface area contributed by atoms with Gasteiger partial charge in [-0.1, -0.05) is 49.6 Å². The van der Waals surface area contributed by atoms with Gasteiger partial charge in [-0.3, -0.25) is 14.4 Å². The van der Waals surface area contributed by atoms with Gasteiger partial charge in [-0.15, -0.1) is 0 Å². The van der Waals surface area contributed by atoms with E-state index in [0.29, 0.717) is 13.1 Å². The first-order chi connectivity index (χ1) is 16.0. The topological polar surface area (TPSA) is 81.8 Å². The summed E-state index contributed by atoms with van der Waals surface area (Å²) in [4.78, 5) is 43.5. The highest BCUT2D eigenvalue weighted by molar-refractivity contribution is 5.94. The molecule has 7 heteroatoms. The van der Waals surface area contributed by atoms with Crippen molar-refractivity contribution in [2.45, 2.75) is 70.0 Å². The van der Waals surface area contributed by atoms with Crippen LogP contribution < -0.4 is 10.6 Å². The second-order valence-electron chi connectivity index (χ2n) is 9.94. The number of likely N-dealkylation sites (N-methyl/N-ethyl adjacent to an activating group) is 1. The maximum absolute atomic E-state index is 13.8. The first kappa shape index (κ1) is 23.7. The number of rotatable bonds is 8. The Morgan fingerprint density at radius 2 is 1.82 bits per heavy atom. The van der Waals surface area contributed by atoms with Gasteiger partial charge in [0.1, 0.15) is 12.1 Å². The summed E-state index contributed by atoms with van der Waals surface area (Å²) in [5.74, 6) is 0.183. The SMILES string of the molecule is CN[C@@H](C)C(=O)N[C@@H](C(=O)N1CC[C@H]2CN(CCc3ccccc3)C(=O)[C@H]21)C1CCCCC1. The maximum Gasteiger partial charge on any atom is 0.246 e. The molecule has 2 saturated heterocycles. The molecule has 2 heterocycles. The van der Waals surface area contributed by atoms with Crippen LogP contribution in [0, 0.1) is 11.8 Å². The smallest absolute Gasteiger partial charge is 0.246 e. The zero-order valence-corrected chi connectivity index (χ0v) is 20.0. The van der Waals surface area contributed by atoms with Gasteiger partial charge in [0.25, 0.3) is 0 Å². The third-order valence-electron chi connectivity index (χ3n) is 7.85. The van der Waals surface area contributed by atoms with Crippen molar-refractivity contribution in [1.82, 2.24) is 20.4 Å². The number of hydrogen-bond acceptors (Lipinski definition) is 4. The minimum absolute atomic E-state index is 0.0655. The highest BCUT2D eigenvalue weighted by atomic mass is 16.2. The molecule has 3 aliphatic rings. The Labute approximate surface area is 197 Å². The predicted molar refractivity (Wildman–Crippen MR) is 127 cm³/mol. The standard InChI is InChI=1S/C26H38N4O3/c1-18(27-2)24(31)28-22(20-11-7-4-8-12-20)25(32)30-16-14-21-17-29(26(33)23(21)30)15-13-19-9-5-3-6-10-19/h3,5-6,9-10,18,20-23,27H,4,7-8,11-17H2,1-2H3,(H,28,31)/t18-,21-,22+,23-/m0/s1. The Morgan fingerprint density at radius 1 is 1.09 bits per heavy atom. The van der Waals surface area contributed by atoms with Gasteiger partial charge < -0.3 is 20.4 Å². The molecule has 7 nitrogen and oxygen atoms in total. The van der Waals surface area contributed by atoms with Crippen LogP contribution in [0.4, 0.5) is 0 Å². The molecule has 3 fully saturated rings. The van der Waals surface area contributed by atoms with Gasteiger partial charge in [0.2, 0.25) is 17.7 Å². The van der Waals surface area contributed by atoms with Gasteiger partial charge in [-0.25, -0.2) is 0 Å².